The fourth-order valence-electron chi connectivity index (χ4n) is 6.89. The Kier molecular flexibility index (Phi) is 4.59. The van der Waals surface area contributed by atoms with E-state index < -0.39 is 36.3 Å². The van der Waals surface area contributed by atoms with E-state index in [1.807, 2.05) is 113 Å². The Bertz CT molecular complexity index is 2640. The van der Waals surface area contributed by atoms with E-state index in [9.17, 15) is 0 Å². The molecule has 0 unspecified atom stereocenters. The molecule has 8 aromatic carbocycles. The molecule has 0 bridgehead atoms. The van der Waals surface area contributed by atoms with Crippen molar-refractivity contribution in [2.75, 3.05) is 9.80 Å². The number of benzene rings is 8. The van der Waals surface area contributed by atoms with Gasteiger partial charge in [-0.3, -0.25) is 0 Å². The smallest absolute Gasteiger partial charge is 0.0645 e. The molecule has 222 valence electrons. The Morgan fingerprint density at radius 3 is 1.13 bits per heavy atom. The normalized spacial score (nSPS) is 14.5. The molecule has 46 heavy (non-hydrogen) atoms. The van der Waals surface area contributed by atoms with Gasteiger partial charge in [0.2, 0.25) is 0 Å². The van der Waals surface area contributed by atoms with Gasteiger partial charge in [-0.15, -0.1) is 0 Å². The summed E-state index contributed by atoms with van der Waals surface area (Å²) in [7, 11) is 0. The fourth-order valence-corrected chi connectivity index (χ4v) is 6.89. The van der Waals surface area contributed by atoms with Gasteiger partial charge < -0.3 is 9.80 Å². The molecule has 0 aliphatic carbocycles. The highest BCUT2D eigenvalue weighted by molar-refractivity contribution is 6.28. The third-order valence-corrected chi connectivity index (χ3v) is 8.85. The molecule has 0 aromatic heterocycles. The van der Waals surface area contributed by atoms with Crippen LogP contribution in [0.15, 0.2) is 145 Å². The summed E-state index contributed by atoms with van der Waals surface area (Å²) in [5.74, 6) is 0. The minimum Gasteiger partial charge on any atom is -0.309 e. The highest BCUT2D eigenvalue weighted by Crippen LogP contribution is 2.48. The van der Waals surface area contributed by atoms with Crippen LogP contribution in [0.4, 0.5) is 34.1 Å². The van der Waals surface area contributed by atoms with Crippen molar-refractivity contribution in [1.82, 2.24) is 0 Å². The predicted molar refractivity (Wildman–Crippen MR) is 198 cm³/mol. The number of aryl methyl sites for hydroxylation is 4. The van der Waals surface area contributed by atoms with Crippen molar-refractivity contribution in [2.24, 2.45) is 0 Å². The van der Waals surface area contributed by atoms with Crippen molar-refractivity contribution in [3.8, 4) is 0 Å². The summed E-state index contributed by atoms with van der Waals surface area (Å²) >= 11 is 0. The first-order valence-corrected chi connectivity index (χ1v) is 15.2. The Morgan fingerprint density at radius 2 is 0.761 bits per heavy atom. The number of hydrogen-bond donors (Lipinski definition) is 0. The van der Waals surface area contributed by atoms with Gasteiger partial charge in [-0.25, -0.2) is 0 Å². The lowest BCUT2D eigenvalue weighted by Gasteiger charge is -2.31. The Balaban J connectivity index is 1.51. The van der Waals surface area contributed by atoms with Crippen LogP contribution in [0.2, 0.25) is 0 Å². The van der Waals surface area contributed by atoms with E-state index in [0.717, 1.165) is 54.6 Å². The minimum absolute atomic E-state index is 0.0338. The summed E-state index contributed by atoms with van der Waals surface area (Å²) in [4.78, 5) is 3.57. The van der Waals surface area contributed by atoms with Crippen molar-refractivity contribution >= 4 is 66.4 Å². The summed E-state index contributed by atoms with van der Waals surface area (Å²) in [5.41, 5.74) is 6.11. The number of nitrogens with zero attached hydrogens (tertiary/aromatic N) is 2. The van der Waals surface area contributed by atoms with Gasteiger partial charge in [0.25, 0.3) is 0 Å². The Labute approximate surface area is 285 Å². The highest BCUT2D eigenvalue weighted by Gasteiger charge is 2.23. The molecule has 0 spiro atoms. The van der Waals surface area contributed by atoms with E-state index in [4.69, 9.17) is 13.7 Å². The van der Waals surface area contributed by atoms with Crippen LogP contribution in [0.3, 0.4) is 0 Å². The number of para-hydroxylation sites is 4. The van der Waals surface area contributed by atoms with E-state index in [-0.39, 0.29) is 35.5 Å². The number of anilines is 6. The monoisotopic (exact) mass is 602 g/mol. The quantitative estimate of drug-likeness (QED) is 0.175. The highest BCUT2D eigenvalue weighted by atomic mass is 15.2. The number of rotatable bonds is 6. The third-order valence-electron chi connectivity index (χ3n) is 8.85. The standard InChI is InChI=1S/C44H36N2/c1-29-13-11-14-30(2)43(29)45(35-17-7-5-8-18-35)39-27-23-33-22-26-38-40(28-24-34-21-25-37(39)41(33)42(34)38)46(36-19-9-6-10-20-36)44-31(3)15-12-16-32(44)4/h5-28H,1-4H3/i5D,6D,7D,8D,9D,10D,17D,18D,19D,20D. The second kappa shape index (κ2) is 11.1. The lowest BCUT2D eigenvalue weighted by molar-refractivity contribution is 1.23. The molecule has 0 N–H and O–H groups in total. The summed E-state index contributed by atoms with van der Waals surface area (Å²) in [6.45, 7) is 7.75. The first-order chi connectivity index (χ1) is 26.6. The van der Waals surface area contributed by atoms with Gasteiger partial charge in [0.15, 0.2) is 0 Å². The van der Waals surface area contributed by atoms with Gasteiger partial charge >= 0.3 is 0 Å². The van der Waals surface area contributed by atoms with Gasteiger partial charge in [-0.05, 0) is 108 Å². The van der Waals surface area contributed by atoms with Crippen LogP contribution in [0.25, 0.3) is 32.3 Å². The first-order valence-electron chi connectivity index (χ1n) is 20.2. The molecule has 0 aliphatic rings. The molecule has 0 fully saturated rings. The lowest BCUT2D eigenvalue weighted by atomic mass is 9.91. The second-order valence-electron chi connectivity index (χ2n) is 11.7. The molecule has 0 saturated carbocycles. The Hall–Kier alpha value is -5.60. The molecule has 0 amide bonds. The van der Waals surface area contributed by atoms with E-state index in [2.05, 4.69) is 0 Å². The van der Waals surface area contributed by atoms with E-state index >= 15 is 0 Å². The SMILES string of the molecule is [2H]c1c([2H])c([2H])c(N(c2c(C)cccc2C)c2ccc3ccc4c(N(c5c(C)cccc5C)c5c([2H])c([2H])c([2H])c([2H])c5[2H])ccc5ccc2c3c54)c([2H])c1[2H]. The summed E-state index contributed by atoms with van der Waals surface area (Å²) < 4.78 is 87.4. The first kappa shape index (κ1) is 19.0. The molecular weight excluding hydrogens is 556 g/mol. The van der Waals surface area contributed by atoms with Crippen LogP contribution in [0.5, 0.6) is 0 Å². The van der Waals surface area contributed by atoms with Crippen molar-refractivity contribution in [1.29, 1.82) is 0 Å². The topological polar surface area (TPSA) is 6.48 Å². The van der Waals surface area contributed by atoms with Crippen LogP contribution < -0.4 is 9.80 Å². The van der Waals surface area contributed by atoms with Gasteiger partial charge in [-0.2, -0.15) is 0 Å². The largest absolute Gasteiger partial charge is 0.309 e. The van der Waals surface area contributed by atoms with Gasteiger partial charge in [0.05, 0.1) is 36.5 Å². The molecule has 0 saturated heterocycles. The predicted octanol–water partition coefficient (Wildman–Crippen LogP) is 12.8. The van der Waals surface area contributed by atoms with Gasteiger partial charge in [0.1, 0.15) is 0 Å². The van der Waals surface area contributed by atoms with Gasteiger partial charge in [-0.1, -0.05) is 109 Å². The zero-order valence-electron chi connectivity index (χ0n) is 36.0. The van der Waals surface area contributed by atoms with Crippen LogP contribution in [0.1, 0.15) is 36.0 Å². The third kappa shape index (κ3) is 4.41. The summed E-state index contributed by atoms with van der Waals surface area (Å²) in [6, 6.07) is 23.4. The van der Waals surface area contributed by atoms with Crippen molar-refractivity contribution in [2.45, 2.75) is 27.7 Å². The number of hydrogen-bond acceptors (Lipinski definition) is 2. The Morgan fingerprint density at radius 1 is 0.413 bits per heavy atom. The lowest BCUT2D eigenvalue weighted by Crippen LogP contribution is -2.14. The molecule has 2 nitrogen and oxygen atoms in total. The molecule has 0 atom stereocenters. The molecule has 0 radical (unpaired) electrons. The maximum Gasteiger partial charge on any atom is 0.0645 e. The van der Waals surface area contributed by atoms with E-state index in [1.165, 1.54) is 0 Å². The van der Waals surface area contributed by atoms with Crippen LogP contribution in [-0.4, -0.2) is 0 Å². The zero-order valence-corrected chi connectivity index (χ0v) is 26.0. The molecule has 8 aromatic rings. The molecule has 8 rings (SSSR count). The molecule has 0 heterocycles. The maximum absolute atomic E-state index is 9.08. The van der Waals surface area contributed by atoms with E-state index in [1.54, 1.807) is 9.80 Å². The molecule has 0 aliphatic heterocycles. The van der Waals surface area contributed by atoms with Crippen molar-refractivity contribution in [3.63, 3.8) is 0 Å². The minimum atomic E-state index is -0.472. The summed E-state index contributed by atoms with van der Waals surface area (Å²) in [5, 5.41) is 5.09. The fraction of sp³-hybridized carbons (Fsp3) is 0.0909. The van der Waals surface area contributed by atoms with Crippen molar-refractivity contribution in [3.05, 3.63) is 168 Å². The maximum atomic E-state index is 9.08. The second-order valence-corrected chi connectivity index (χ2v) is 11.7. The molecular formula is C44H36N2. The van der Waals surface area contributed by atoms with Crippen molar-refractivity contribution < 1.29 is 13.7 Å². The van der Waals surface area contributed by atoms with Crippen LogP contribution in [-0.2, 0) is 0 Å². The van der Waals surface area contributed by atoms with Gasteiger partial charge in [0, 0.05) is 22.1 Å². The van der Waals surface area contributed by atoms with Crippen LogP contribution in [0, 0.1) is 27.7 Å². The summed E-state index contributed by atoms with van der Waals surface area (Å²) in [6.07, 6.45) is 0. The zero-order chi connectivity index (χ0) is 40.1. The average Bonchev–Trinajstić information content (AvgIpc) is 3.18. The van der Waals surface area contributed by atoms with Crippen LogP contribution >= 0.6 is 0 Å². The van der Waals surface area contributed by atoms with E-state index in [0.29, 0.717) is 22.7 Å². The average molecular weight is 603 g/mol. The molecule has 2 heteroatoms.